The molecule has 6 unspecified atom stereocenters. The van der Waals surface area contributed by atoms with Gasteiger partial charge in [0, 0.05) is 12.0 Å². The molecule has 1 N–H and O–H groups in total. The minimum Gasteiger partial charge on any atom is -0.458 e. The van der Waals surface area contributed by atoms with E-state index < -0.39 is 11.0 Å². The summed E-state index contributed by atoms with van der Waals surface area (Å²) in [6.07, 6.45) is 8.98. The van der Waals surface area contributed by atoms with Gasteiger partial charge in [0.05, 0.1) is 11.5 Å². The van der Waals surface area contributed by atoms with Crippen LogP contribution >= 0.6 is 0 Å². The van der Waals surface area contributed by atoms with Crippen LogP contribution in [0.3, 0.4) is 0 Å². The molecule has 11 atom stereocenters. The minimum absolute atomic E-state index is 0.0524. The quantitative estimate of drug-likeness (QED) is 0.495. The molecule has 0 radical (unpaired) electrons. The van der Waals surface area contributed by atoms with Crippen LogP contribution in [-0.2, 0) is 19.1 Å². The summed E-state index contributed by atoms with van der Waals surface area (Å²) in [6, 6.07) is 0. The third-order valence-corrected chi connectivity index (χ3v) is 11.6. The molecule has 0 aromatic heterocycles. The van der Waals surface area contributed by atoms with Crippen LogP contribution in [0.25, 0.3) is 0 Å². The highest BCUT2D eigenvalue weighted by Crippen LogP contribution is 2.71. The molecule has 6 rings (SSSR count). The number of aliphatic hydroxyl groups is 1. The van der Waals surface area contributed by atoms with Crippen LogP contribution in [0.5, 0.6) is 0 Å². The zero-order chi connectivity index (χ0) is 23.5. The molecular weight excluding hydrogens is 416 g/mol. The Kier molecular flexibility index (Phi) is 4.55. The lowest BCUT2D eigenvalue weighted by Crippen LogP contribution is -2.67. The van der Waals surface area contributed by atoms with E-state index in [1.807, 2.05) is 19.9 Å². The fourth-order valence-electron chi connectivity index (χ4n) is 9.34. The van der Waals surface area contributed by atoms with E-state index in [4.69, 9.17) is 9.47 Å². The molecule has 0 bridgehead atoms. The van der Waals surface area contributed by atoms with Crippen LogP contribution in [0.2, 0.25) is 0 Å². The SMILES string of the molecule is CC1=C(C)C(=O)OC(C(C)C2CCC3C4C(CC[C@]23C)[C@@]2(C)C(=O)C=CC[C@]2(O)[C@H]2O[C@@H]42)C1. The van der Waals surface area contributed by atoms with Crippen LogP contribution in [0, 0.1) is 40.4 Å². The molecule has 5 heteroatoms. The van der Waals surface area contributed by atoms with E-state index in [1.54, 1.807) is 6.08 Å². The summed E-state index contributed by atoms with van der Waals surface area (Å²) in [5.74, 6) is 1.68. The van der Waals surface area contributed by atoms with Crippen molar-refractivity contribution in [2.75, 3.05) is 0 Å². The number of carbonyl (C=O) groups is 2. The maximum absolute atomic E-state index is 13.3. The van der Waals surface area contributed by atoms with E-state index in [0.717, 1.165) is 43.3 Å². The van der Waals surface area contributed by atoms with Gasteiger partial charge in [-0.25, -0.2) is 4.79 Å². The Labute approximate surface area is 197 Å². The van der Waals surface area contributed by atoms with Gasteiger partial charge in [0.15, 0.2) is 5.78 Å². The standard InChI is InChI=1S/C28H38O5/c1-14-13-20(32-25(30)15(14)2)16(3)17-8-9-18-22-19(10-12-26(17,18)4)27(5)21(29)7-6-11-28(27,31)24-23(22)33-24/h6-7,16-20,22-24,31H,8-13H2,1-5H3/t16?,17?,18?,19?,20?,22?,23-,24-,26+,27-,28-/m0/s1. The lowest BCUT2D eigenvalue weighted by molar-refractivity contribution is -0.182. The highest BCUT2D eigenvalue weighted by atomic mass is 16.6. The Hall–Kier alpha value is -1.46. The Balaban J connectivity index is 1.30. The number of carbonyl (C=O) groups excluding carboxylic acids is 2. The highest BCUT2D eigenvalue weighted by molar-refractivity contribution is 5.97. The minimum atomic E-state index is -1.07. The second-order valence-electron chi connectivity index (χ2n) is 12.5. The third kappa shape index (κ3) is 2.61. The second kappa shape index (κ2) is 6.81. The number of hydrogen-bond donors (Lipinski definition) is 1. The van der Waals surface area contributed by atoms with Crippen molar-refractivity contribution in [3.8, 4) is 0 Å². The maximum atomic E-state index is 13.3. The highest BCUT2D eigenvalue weighted by Gasteiger charge is 2.77. The number of esters is 1. The van der Waals surface area contributed by atoms with Crippen molar-refractivity contribution in [1.82, 2.24) is 0 Å². The molecule has 4 fully saturated rings. The molecule has 2 heterocycles. The first-order chi connectivity index (χ1) is 15.5. The summed E-state index contributed by atoms with van der Waals surface area (Å²) < 4.78 is 12.1. The van der Waals surface area contributed by atoms with Crippen LogP contribution in [0.15, 0.2) is 23.3 Å². The van der Waals surface area contributed by atoms with Crippen molar-refractivity contribution in [2.45, 2.75) is 97.1 Å². The zero-order valence-electron chi connectivity index (χ0n) is 20.6. The van der Waals surface area contributed by atoms with Gasteiger partial charge in [-0.2, -0.15) is 0 Å². The molecule has 0 aromatic carbocycles. The van der Waals surface area contributed by atoms with Crippen LogP contribution in [0.1, 0.15) is 73.1 Å². The number of epoxide rings is 1. The van der Waals surface area contributed by atoms with Crippen molar-refractivity contribution in [3.05, 3.63) is 23.3 Å². The molecule has 0 spiro atoms. The van der Waals surface area contributed by atoms with E-state index in [2.05, 4.69) is 20.8 Å². The first-order valence-corrected chi connectivity index (χ1v) is 13.0. The van der Waals surface area contributed by atoms with Crippen LogP contribution in [0.4, 0.5) is 0 Å². The van der Waals surface area contributed by atoms with Crippen molar-refractivity contribution in [3.63, 3.8) is 0 Å². The summed E-state index contributed by atoms with van der Waals surface area (Å²) in [5, 5.41) is 11.7. The van der Waals surface area contributed by atoms with Gasteiger partial charge in [-0.1, -0.05) is 25.5 Å². The Morgan fingerprint density at radius 1 is 1.12 bits per heavy atom. The third-order valence-electron chi connectivity index (χ3n) is 11.6. The van der Waals surface area contributed by atoms with Gasteiger partial charge in [0.2, 0.25) is 0 Å². The summed E-state index contributed by atoms with van der Waals surface area (Å²) in [6.45, 7) is 10.7. The number of hydrogen-bond acceptors (Lipinski definition) is 5. The lowest BCUT2D eigenvalue weighted by Gasteiger charge is -2.60. The van der Waals surface area contributed by atoms with E-state index in [0.29, 0.717) is 30.1 Å². The van der Waals surface area contributed by atoms with Gasteiger partial charge >= 0.3 is 5.97 Å². The van der Waals surface area contributed by atoms with Gasteiger partial charge in [0.1, 0.15) is 17.8 Å². The van der Waals surface area contributed by atoms with Crippen LogP contribution < -0.4 is 0 Å². The second-order valence-corrected chi connectivity index (χ2v) is 12.5. The van der Waals surface area contributed by atoms with Gasteiger partial charge in [-0.05, 0) is 94.0 Å². The van der Waals surface area contributed by atoms with E-state index in [-0.39, 0.29) is 41.4 Å². The number of fused-ring (bicyclic) bond motifs is 8. The van der Waals surface area contributed by atoms with Crippen molar-refractivity contribution < 1.29 is 24.2 Å². The Morgan fingerprint density at radius 3 is 2.61 bits per heavy atom. The Morgan fingerprint density at radius 2 is 1.88 bits per heavy atom. The van der Waals surface area contributed by atoms with E-state index >= 15 is 0 Å². The fourth-order valence-corrected chi connectivity index (χ4v) is 9.34. The summed E-state index contributed by atoms with van der Waals surface area (Å²) in [5.41, 5.74) is 0.243. The molecule has 180 valence electrons. The van der Waals surface area contributed by atoms with Gasteiger partial charge in [-0.15, -0.1) is 0 Å². The number of cyclic esters (lactones) is 1. The molecule has 0 aromatic rings. The monoisotopic (exact) mass is 454 g/mol. The summed E-state index contributed by atoms with van der Waals surface area (Å²) >= 11 is 0. The molecule has 33 heavy (non-hydrogen) atoms. The average molecular weight is 455 g/mol. The number of allylic oxidation sites excluding steroid dienone is 1. The smallest absolute Gasteiger partial charge is 0.333 e. The maximum Gasteiger partial charge on any atom is 0.333 e. The number of ether oxygens (including phenoxy) is 2. The molecule has 6 aliphatic rings. The topological polar surface area (TPSA) is 76.1 Å². The first kappa shape index (κ1) is 22.0. The number of rotatable bonds is 2. The van der Waals surface area contributed by atoms with Crippen molar-refractivity contribution in [1.29, 1.82) is 0 Å². The molecule has 2 aliphatic heterocycles. The van der Waals surface area contributed by atoms with Crippen LogP contribution in [-0.4, -0.2) is 40.8 Å². The zero-order valence-corrected chi connectivity index (χ0v) is 20.6. The normalized spacial score (nSPS) is 53.6. The summed E-state index contributed by atoms with van der Waals surface area (Å²) in [4.78, 5) is 25.7. The predicted molar refractivity (Wildman–Crippen MR) is 123 cm³/mol. The average Bonchev–Trinajstić information content (AvgIpc) is 3.50. The van der Waals surface area contributed by atoms with Gasteiger partial charge in [-0.3, -0.25) is 4.79 Å². The molecular formula is C28H38O5. The molecule has 0 amide bonds. The van der Waals surface area contributed by atoms with Gasteiger partial charge in [0.25, 0.3) is 0 Å². The van der Waals surface area contributed by atoms with Gasteiger partial charge < -0.3 is 14.6 Å². The first-order valence-electron chi connectivity index (χ1n) is 13.0. The largest absolute Gasteiger partial charge is 0.458 e. The molecule has 4 aliphatic carbocycles. The Bertz CT molecular complexity index is 981. The van der Waals surface area contributed by atoms with E-state index in [9.17, 15) is 14.7 Å². The van der Waals surface area contributed by atoms with Crippen molar-refractivity contribution >= 4 is 11.8 Å². The molecule has 1 saturated heterocycles. The predicted octanol–water partition coefficient (Wildman–Crippen LogP) is 4.38. The molecule has 3 saturated carbocycles. The molecule has 5 nitrogen and oxygen atoms in total. The number of ketones is 1. The van der Waals surface area contributed by atoms with E-state index in [1.165, 1.54) is 0 Å². The van der Waals surface area contributed by atoms with Crippen molar-refractivity contribution in [2.24, 2.45) is 40.4 Å². The lowest BCUT2D eigenvalue weighted by atomic mass is 9.43. The summed E-state index contributed by atoms with van der Waals surface area (Å²) in [7, 11) is 0. The fraction of sp³-hybridized carbons (Fsp3) is 0.786.